The summed E-state index contributed by atoms with van der Waals surface area (Å²) in [6.07, 6.45) is 2.41. The van der Waals surface area contributed by atoms with E-state index in [1.54, 1.807) is 0 Å². The number of amides is 1. The van der Waals surface area contributed by atoms with Gasteiger partial charge in [0, 0.05) is 6.54 Å². The van der Waals surface area contributed by atoms with Crippen molar-refractivity contribution in [3.63, 3.8) is 0 Å². The zero-order valence-corrected chi connectivity index (χ0v) is 7.99. The third-order valence-corrected chi connectivity index (χ3v) is 2.43. The number of rotatable bonds is 5. The number of nitrogens with two attached hydrogens (primary N) is 1. The Morgan fingerprint density at radius 2 is 2.31 bits per heavy atom. The van der Waals surface area contributed by atoms with Crippen LogP contribution in [0.15, 0.2) is 0 Å². The molecule has 0 bridgehead atoms. The quantitative estimate of drug-likeness (QED) is 0.547. The first kappa shape index (κ1) is 10.5. The molecule has 1 fully saturated rings. The maximum atomic E-state index is 11.2. The van der Waals surface area contributed by atoms with Gasteiger partial charge < -0.3 is 16.2 Å². The van der Waals surface area contributed by atoms with Gasteiger partial charge in [-0.1, -0.05) is 6.92 Å². The molecule has 0 spiro atoms. The molecule has 76 valence electrons. The van der Waals surface area contributed by atoms with E-state index in [2.05, 4.69) is 5.32 Å². The van der Waals surface area contributed by atoms with E-state index in [1.807, 2.05) is 6.92 Å². The molecular formula is C9H18N2O2. The van der Waals surface area contributed by atoms with Crippen LogP contribution in [0.5, 0.6) is 0 Å². The van der Waals surface area contributed by atoms with Crippen molar-refractivity contribution in [2.75, 3.05) is 6.54 Å². The smallest absolute Gasteiger partial charge is 0.236 e. The van der Waals surface area contributed by atoms with Crippen LogP contribution in [-0.4, -0.2) is 29.7 Å². The summed E-state index contributed by atoms with van der Waals surface area (Å²) in [5.74, 6) is 0.236. The molecule has 1 amide bonds. The van der Waals surface area contributed by atoms with Gasteiger partial charge in [0.1, 0.15) is 0 Å². The first-order valence-corrected chi connectivity index (χ1v) is 4.86. The molecular weight excluding hydrogens is 168 g/mol. The van der Waals surface area contributed by atoms with Crippen molar-refractivity contribution in [3.8, 4) is 0 Å². The van der Waals surface area contributed by atoms with Crippen molar-refractivity contribution in [1.82, 2.24) is 5.32 Å². The van der Waals surface area contributed by atoms with E-state index < -0.39 is 6.04 Å². The summed E-state index contributed by atoms with van der Waals surface area (Å²) in [5.41, 5.74) is 5.50. The van der Waals surface area contributed by atoms with Gasteiger partial charge in [-0.3, -0.25) is 4.79 Å². The highest BCUT2D eigenvalue weighted by molar-refractivity contribution is 5.81. The molecule has 0 aromatic carbocycles. The lowest BCUT2D eigenvalue weighted by Gasteiger charge is -2.13. The largest absolute Gasteiger partial charge is 0.391 e. The minimum Gasteiger partial charge on any atom is -0.391 e. The highest BCUT2D eigenvalue weighted by Crippen LogP contribution is 2.32. The minimum atomic E-state index is -0.439. The lowest BCUT2D eigenvalue weighted by molar-refractivity contribution is -0.122. The molecule has 4 heteroatoms. The Balaban J connectivity index is 2.13. The maximum Gasteiger partial charge on any atom is 0.236 e. The number of aliphatic hydroxyl groups excluding tert-OH is 1. The summed E-state index contributed by atoms with van der Waals surface area (Å²) in [5, 5.41) is 12.1. The minimum absolute atomic E-state index is 0.165. The second-order valence-corrected chi connectivity index (χ2v) is 3.66. The second-order valence-electron chi connectivity index (χ2n) is 3.66. The van der Waals surface area contributed by atoms with Crippen molar-refractivity contribution in [3.05, 3.63) is 0 Å². The van der Waals surface area contributed by atoms with Crippen LogP contribution in [-0.2, 0) is 4.79 Å². The maximum absolute atomic E-state index is 11.2. The topological polar surface area (TPSA) is 75.4 Å². The van der Waals surface area contributed by atoms with Gasteiger partial charge in [0.25, 0.3) is 0 Å². The zero-order valence-electron chi connectivity index (χ0n) is 7.99. The van der Waals surface area contributed by atoms with E-state index in [9.17, 15) is 9.90 Å². The monoisotopic (exact) mass is 186 g/mol. The van der Waals surface area contributed by atoms with E-state index >= 15 is 0 Å². The molecule has 4 nitrogen and oxygen atoms in total. The first-order valence-electron chi connectivity index (χ1n) is 4.86. The van der Waals surface area contributed by atoms with Crippen LogP contribution in [0.1, 0.15) is 26.2 Å². The normalized spacial score (nSPS) is 20.8. The fourth-order valence-electron chi connectivity index (χ4n) is 1.17. The van der Waals surface area contributed by atoms with Crippen molar-refractivity contribution in [1.29, 1.82) is 0 Å². The molecule has 0 radical (unpaired) electrons. The highest BCUT2D eigenvalue weighted by Gasteiger charge is 2.29. The average Bonchev–Trinajstić information content (AvgIpc) is 2.95. The SMILES string of the molecule is CC[C@H](N)C(=O)NCC(O)C1CC1. The van der Waals surface area contributed by atoms with Gasteiger partial charge in [-0.2, -0.15) is 0 Å². The number of nitrogens with one attached hydrogen (secondary N) is 1. The molecule has 4 N–H and O–H groups in total. The molecule has 0 aliphatic heterocycles. The third-order valence-electron chi connectivity index (χ3n) is 2.43. The molecule has 1 aliphatic rings. The molecule has 2 atom stereocenters. The van der Waals surface area contributed by atoms with Gasteiger partial charge in [0.15, 0.2) is 0 Å². The van der Waals surface area contributed by atoms with Crippen LogP contribution in [0.4, 0.5) is 0 Å². The number of carbonyl (C=O) groups is 1. The molecule has 0 aromatic rings. The molecule has 1 unspecified atom stereocenters. The summed E-state index contributed by atoms with van der Waals surface area (Å²) in [6.45, 7) is 2.21. The van der Waals surface area contributed by atoms with Gasteiger partial charge in [-0.25, -0.2) is 0 Å². The van der Waals surface area contributed by atoms with Crippen LogP contribution in [0.2, 0.25) is 0 Å². The lowest BCUT2D eigenvalue weighted by Crippen LogP contribution is -2.43. The van der Waals surface area contributed by atoms with E-state index in [0.29, 0.717) is 18.9 Å². The zero-order chi connectivity index (χ0) is 9.84. The summed E-state index contributed by atoms with van der Waals surface area (Å²) < 4.78 is 0. The van der Waals surface area contributed by atoms with Crippen LogP contribution < -0.4 is 11.1 Å². The van der Waals surface area contributed by atoms with E-state index in [4.69, 9.17) is 5.73 Å². The summed E-state index contributed by atoms with van der Waals surface area (Å²) in [7, 11) is 0. The summed E-state index contributed by atoms with van der Waals surface area (Å²) in [6, 6.07) is -0.439. The Morgan fingerprint density at radius 3 is 2.77 bits per heavy atom. The fourth-order valence-corrected chi connectivity index (χ4v) is 1.17. The Hall–Kier alpha value is -0.610. The van der Waals surface area contributed by atoms with Gasteiger partial charge in [-0.05, 0) is 25.2 Å². The highest BCUT2D eigenvalue weighted by atomic mass is 16.3. The van der Waals surface area contributed by atoms with Crippen molar-refractivity contribution in [2.45, 2.75) is 38.3 Å². The number of carbonyl (C=O) groups excluding carboxylic acids is 1. The molecule has 1 aliphatic carbocycles. The Bertz CT molecular complexity index is 180. The van der Waals surface area contributed by atoms with Crippen LogP contribution in [0.25, 0.3) is 0 Å². The van der Waals surface area contributed by atoms with E-state index in [-0.39, 0.29) is 12.0 Å². The van der Waals surface area contributed by atoms with E-state index in [1.165, 1.54) is 0 Å². The molecule has 0 aromatic heterocycles. The standard InChI is InChI=1S/C9H18N2O2/c1-2-7(10)9(13)11-5-8(12)6-3-4-6/h6-8,12H,2-5,10H2,1H3,(H,11,13)/t7-,8?/m0/s1. The van der Waals surface area contributed by atoms with Crippen molar-refractivity contribution >= 4 is 5.91 Å². The predicted molar refractivity (Wildman–Crippen MR) is 50.0 cm³/mol. The Morgan fingerprint density at radius 1 is 1.69 bits per heavy atom. The van der Waals surface area contributed by atoms with Gasteiger partial charge >= 0.3 is 0 Å². The van der Waals surface area contributed by atoms with Crippen molar-refractivity contribution in [2.24, 2.45) is 11.7 Å². The fraction of sp³-hybridized carbons (Fsp3) is 0.889. The molecule has 1 saturated carbocycles. The number of hydrogen-bond acceptors (Lipinski definition) is 3. The van der Waals surface area contributed by atoms with Crippen LogP contribution >= 0.6 is 0 Å². The summed E-state index contributed by atoms with van der Waals surface area (Å²) >= 11 is 0. The lowest BCUT2D eigenvalue weighted by atomic mass is 10.2. The Labute approximate surface area is 78.5 Å². The molecule has 1 rings (SSSR count). The van der Waals surface area contributed by atoms with Gasteiger partial charge in [0.05, 0.1) is 12.1 Å². The molecule has 0 saturated heterocycles. The summed E-state index contributed by atoms with van der Waals surface area (Å²) in [4.78, 5) is 11.2. The van der Waals surface area contributed by atoms with Gasteiger partial charge in [-0.15, -0.1) is 0 Å². The number of aliphatic hydroxyl groups is 1. The predicted octanol–water partition coefficient (Wildman–Crippen LogP) is -0.389. The first-order chi connectivity index (χ1) is 6.15. The van der Waals surface area contributed by atoms with Gasteiger partial charge in [0.2, 0.25) is 5.91 Å². The van der Waals surface area contributed by atoms with E-state index in [0.717, 1.165) is 12.8 Å². The van der Waals surface area contributed by atoms with Crippen LogP contribution in [0.3, 0.4) is 0 Å². The van der Waals surface area contributed by atoms with Crippen LogP contribution in [0, 0.1) is 5.92 Å². The molecule has 13 heavy (non-hydrogen) atoms. The average molecular weight is 186 g/mol. The van der Waals surface area contributed by atoms with Crippen molar-refractivity contribution < 1.29 is 9.90 Å². The third kappa shape index (κ3) is 3.32. The Kier molecular flexibility index (Phi) is 3.69. The second kappa shape index (κ2) is 4.58. The molecule has 0 heterocycles. The number of hydrogen-bond donors (Lipinski definition) is 3.